The molecule has 0 radical (unpaired) electrons. The van der Waals surface area contributed by atoms with Gasteiger partial charge in [0, 0.05) is 15.8 Å². The summed E-state index contributed by atoms with van der Waals surface area (Å²) in [5.74, 6) is 0. The van der Waals surface area contributed by atoms with Crippen molar-refractivity contribution >= 4 is 11.3 Å². The third kappa shape index (κ3) is 4.64. The van der Waals surface area contributed by atoms with Gasteiger partial charge in [0.05, 0.1) is 12.7 Å². The van der Waals surface area contributed by atoms with Crippen LogP contribution in [0.4, 0.5) is 0 Å². The number of thiophene rings is 1. The van der Waals surface area contributed by atoms with Crippen LogP contribution in [-0.2, 0) is 17.6 Å². The van der Waals surface area contributed by atoms with Crippen LogP contribution in [0.15, 0.2) is 12.1 Å². The number of nitrogens with one attached hydrogen (secondary N) is 1. The van der Waals surface area contributed by atoms with Gasteiger partial charge in [0.2, 0.25) is 0 Å². The number of aryl methyl sites for hydroxylation is 1. The zero-order valence-electron chi connectivity index (χ0n) is 10.7. The average molecular weight is 241 g/mol. The lowest BCUT2D eigenvalue weighted by Crippen LogP contribution is -2.33. The summed E-state index contributed by atoms with van der Waals surface area (Å²) >= 11 is 1.92. The molecule has 92 valence electrons. The molecule has 1 atom stereocenters. The highest BCUT2D eigenvalue weighted by molar-refractivity contribution is 7.11. The van der Waals surface area contributed by atoms with Crippen molar-refractivity contribution in [2.45, 2.75) is 45.8 Å². The van der Waals surface area contributed by atoms with E-state index in [0.29, 0.717) is 12.1 Å². The van der Waals surface area contributed by atoms with E-state index >= 15 is 0 Å². The quantitative estimate of drug-likeness (QED) is 0.792. The molecule has 0 aliphatic heterocycles. The minimum atomic E-state index is 0.311. The summed E-state index contributed by atoms with van der Waals surface area (Å²) in [5, 5.41) is 3.31. The summed E-state index contributed by atoms with van der Waals surface area (Å²) in [6.45, 7) is 7.14. The maximum Gasteiger partial charge on any atom is 0.0626 e. The van der Waals surface area contributed by atoms with Crippen molar-refractivity contribution in [3.05, 3.63) is 21.9 Å². The lowest BCUT2D eigenvalue weighted by Gasteiger charge is -2.17. The summed E-state index contributed by atoms with van der Waals surface area (Å²) in [4.78, 5) is 2.91. The first kappa shape index (κ1) is 13.7. The van der Waals surface area contributed by atoms with Gasteiger partial charge in [0.15, 0.2) is 0 Å². The smallest absolute Gasteiger partial charge is 0.0626 e. The Bertz CT molecular complexity index is 296. The van der Waals surface area contributed by atoms with E-state index in [4.69, 9.17) is 4.74 Å². The van der Waals surface area contributed by atoms with Crippen molar-refractivity contribution in [1.29, 1.82) is 0 Å². The highest BCUT2D eigenvalue weighted by Gasteiger charge is 2.10. The molecule has 1 N–H and O–H groups in total. The van der Waals surface area contributed by atoms with E-state index in [9.17, 15) is 0 Å². The van der Waals surface area contributed by atoms with Crippen LogP contribution >= 0.6 is 11.3 Å². The van der Waals surface area contributed by atoms with Gasteiger partial charge in [-0.2, -0.15) is 0 Å². The molecule has 0 fully saturated rings. The Hall–Kier alpha value is -0.380. The van der Waals surface area contributed by atoms with E-state index < -0.39 is 0 Å². The van der Waals surface area contributed by atoms with Gasteiger partial charge < -0.3 is 10.1 Å². The molecule has 0 aliphatic rings. The van der Waals surface area contributed by atoms with Crippen molar-refractivity contribution in [3.8, 4) is 0 Å². The van der Waals surface area contributed by atoms with Gasteiger partial charge in [-0.05, 0) is 45.9 Å². The van der Waals surface area contributed by atoms with Crippen molar-refractivity contribution in [2.24, 2.45) is 0 Å². The largest absolute Gasteiger partial charge is 0.377 e. The van der Waals surface area contributed by atoms with Crippen LogP contribution in [0, 0.1) is 0 Å². The molecular weight excluding hydrogens is 218 g/mol. The number of ether oxygens (including phenoxy) is 1. The zero-order chi connectivity index (χ0) is 12.0. The van der Waals surface area contributed by atoms with E-state index in [1.165, 1.54) is 9.75 Å². The summed E-state index contributed by atoms with van der Waals surface area (Å²) in [5.41, 5.74) is 0. The topological polar surface area (TPSA) is 21.3 Å². The Labute approximate surface area is 103 Å². The van der Waals surface area contributed by atoms with E-state index in [0.717, 1.165) is 19.4 Å². The molecule has 16 heavy (non-hydrogen) atoms. The molecule has 2 nitrogen and oxygen atoms in total. The minimum Gasteiger partial charge on any atom is -0.377 e. The molecule has 0 saturated carbocycles. The summed E-state index contributed by atoms with van der Waals surface area (Å²) in [6, 6.07) is 4.89. The molecule has 1 unspecified atom stereocenters. The minimum absolute atomic E-state index is 0.311. The maximum atomic E-state index is 5.64. The first-order valence-electron chi connectivity index (χ1n) is 6.02. The molecule has 0 amide bonds. The molecule has 1 aromatic heterocycles. The van der Waals surface area contributed by atoms with Crippen LogP contribution in [0.2, 0.25) is 0 Å². The number of hydrogen-bond donors (Lipinski definition) is 1. The Kier molecular flexibility index (Phi) is 6.03. The van der Waals surface area contributed by atoms with Gasteiger partial charge in [0.1, 0.15) is 0 Å². The van der Waals surface area contributed by atoms with E-state index in [1.807, 2.05) is 18.4 Å². The van der Waals surface area contributed by atoms with Gasteiger partial charge in [0.25, 0.3) is 0 Å². The van der Waals surface area contributed by atoms with Gasteiger partial charge >= 0.3 is 0 Å². The molecule has 1 heterocycles. The standard InChI is InChI=1S/C13H23NOS/c1-5-12-6-7-13(16-12)8-11(14-4)9-15-10(2)3/h6-7,10-11,14H,5,8-9H2,1-4H3. The predicted octanol–water partition coefficient (Wildman–Crippen LogP) is 2.87. The zero-order valence-corrected chi connectivity index (χ0v) is 11.6. The SMILES string of the molecule is CCc1ccc(CC(COC(C)C)NC)s1. The highest BCUT2D eigenvalue weighted by atomic mass is 32.1. The second kappa shape index (κ2) is 7.05. The fraction of sp³-hybridized carbons (Fsp3) is 0.692. The summed E-state index contributed by atoms with van der Waals surface area (Å²) in [6.07, 6.45) is 2.51. The number of hydrogen-bond acceptors (Lipinski definition) is 3. The molecule has 1 aromatic rings. The van der Waals surface area contributed by atoms with Gasteiger partial charge in [-0.15, -0.1) is 11.3 Å². The van der Waals surface area contributed by atoms with Crippen LogP contribution < -0.4 is 5.32 Å². The molecule has 0 saturated heterocycles. The monoisotopic (exact) mass is 241 g/mol. The second-order valence-electron chi connectivity index (χ2n) is 4.29. The molecule has 0 aliphatic carbocycles. The normalized spacial score (nSPS) is 13.3. The maximum absolute atomic E-state index is 5.64. The fourth-order valence-corrected chi connectivity index (χ4v) is 2.56. The first-order valence-corrected chi connectivity index (χ1v) is 6.83. The molecule has 0 bridgehead atoms. The highest BCUT2D eigenvalue weighted by Crippen LogP contribution is 2.18. The number of likely N-dealkylation sites (N-methyl/N-ethyl adjacent to an activating group) is 1. The van der Waals surface area contributed by atoms with Gasteiger partial charge in [-0.25, -0.2) is 0 Å². The van der Waals surface area contributed by atoms with Crippen LogP contribution in [0.5, 0.6) is 0 Å². The number of rotatable bonds is 7. The van der Waals surface area contributed by atoms with Crippen LogP contribution in [0.3, 0.4) is 0 Å². The third-order valence-corrected chi connectivity index (χ3v) is 3.80. The molecule has 1 rings (SSSR count). The lowest BCUT2D eigenvalue weighted by atomic mass is 10.2. The second-order valence-corrected chi connectivity index (χ2v) is 5.55. The molecule has 0 spiro atoms. The first-order chi connectivity index (χ1) is 7.65. The summed E-state index contributed by atoms with van der Waals surface area (Å²) < 4.78 is 5.64. The summed E-state index contributed by atoms with van der Waals surface area (Å²) in [7, 11) is 2.00. The lowest BCUT2D eigenvalue weighted by molar-refractivity contribution is 0.0629. The average Bonchev–Trinajstić information content (AvgIpc) is 2.71. The van der Waals surface area contributed by atoms with Crippen LogP contribution in [0.1, 0.15) is 30.5 Å². The Morgan fingerprint density at radius 3 is 2.50 bits per heavy atom. The Morgan fingerprint density at radius 2 is 2.00 bits per heavy atom. The van der Waals surface area contributed by atoms with E-state index in [2.05, 4.69) is 38.2 Å². The van der Waals surface area contributed by atoms with E-state index in [1.54, 1.807) is 0 Å². The van der Waals surface area contributed by atoms with Crippen molar-refractivity contribution in [3.63, 3.8) is 0 Å². The Balaban J connectivity index is 2.42. The third-order valence-electron chi connectivity index (χ3n) is 2.55. The Morgan fingerprint density at radius 1 is 1.31 bits per heavy atom. The van der Waals surface area contributed by atoms with Gasteiger partial charge in [-0.3, -0.25) is 0 Å². The van der Waals surface area contributed by atoms with Crippen LogP contribution in [0.25, 0.3) is 0 Å². The van der Waals surface area contributed by atoms with Crippen molar-refractivity contribution in [1.82, 2.24) is 5.32 Å². The molecular formula is C13H23NOS. The molecule has 0 aromatic carbocycles. The fourth-order valence-electron chi connectivity index (χ4n) is 1.52. The predicted molar refractivity (Wildman–Crippen MR) is 71.3 cm³/mol. The van der Waals surface area contributed by atoms with Crippen molar-refractivity contribution < 1.29 is 4.74 Å². The van der Waals surface area contributed by atoms with Crippen LogP contribution in [-0.4, -0.2) is 25.8 Å². The van der Waals surface area contributed by atoms with Gasteiger partial charge in [-0.1, -0.05) is 6.92 Å². The molecule has 3 heteroatoms. The van der Waals surface area contributed by atoms with Crippen molar-refractivity contribution in [2.75, 3.05) is 13.7 Å². The van der Waals surface area contributed by atoms with E-state index in [-0.39, 0.29) is 0 Å².